The quantitative estimate of drug-likeness (QED) is 0.195. The van der Waals surface area contributed by atoms with Crippen molar-refractivity contribution in [1.82, 2.24) is 0 Å². The van der Waals surface area contributed by atoms with E-state index < -0.39 is 17.0 Å². The van der Waals surface area contributed by atoms with Crippen LogP contribution in [0.3, 0.4) is 0 Å². The number of hydrogen-bond donors (Lipinski definition) is 0. The molecule has 0 aliphatic carbocycles. The molecule has 0 aliphatic rings. The molecule has 0 aliphatic heterocycles. The molecular formula is C29H18Cl2O8. The van der Waals surface area contributed by atoms with Crippen molar-refractivity contribution in [1.29, 1.82) is 0 Å². The van der Waals surface area contributed by atoms with Crippen molar-refractivity contribution < 1.29 is 27.1 Å². The Morgan fingerprint density at radius 3 is 1.77 bits per heavy atom. The van der Waals surface area contributed by atoms with Gasteiger partial charge in [-0.2, -0.15) is 0 Å². The van der Waals surface area contributed by atoms with Crippen molar-refractivity contribution in [3.05, 3.63) is 104 Å². The van der Waals surface area contributed by atoms with E-state index in [2.05, 4.69) is 0 Å². The highest BCUT2D eigenvalue weighted by Gasteiger charge is 2.24. The van der Waals surface area contributed by atoms with E-state index >= 15 is 0 Å². The highest BCUT2D eigenvalue weighted by Crippen LogP contribution is 2.34. The van der Waals surface area contributed by atoms with Gasteiger partial charge < -0.3 is 27.1 Å². The van der Waals surface area contributed by atoms with Crippen LogP contribution in [0.2, 0.25) is 10.0 Å². The highest BCUT2D eigenvalue weighted by atomic mass is 35.5. The monoisotopic (exact) mass is 564 g/mol. The maximum absolute atomic E-state index is 13.4. The summed E-state index contributed by atoms with van der Waals surface area (Å²) in [5, 5.41) is 1.23. The van der Waals surface area contributed by atoms with Gasteiger partial charge in [-0.05, 0) is 67.6 Å². The standard InChI is InChI=1S/C29H18Cl2O8/c1-15(37-29-25(33)19-13-17(31)7-9-21(19)39-27(29)23-5-3-11-35-23)14-36-28-24(32)18-12-16(30)6-8-20(18)38-26(28)22-4-2-10-34-22/h2-13,15H,14H2,1H3. The second kappa shape index (κ2) is 10.1. The van der Waals surface area contributed by atoms with E-state index in [0.29, 0.717) is 32.7 Å². The number of halogens is 2. The zero-order chi connectivity index (χ0) is 27.1. The van der Waals surface area contributed by atoms with Crippen LogP contribution in [0, 0.1) is 0 Å². The Hall–Kier alpha value is -4.40. The third-order valence-corrected chi connectivity index (χ3v) is 6.36. The van der Waals surface area contributed by atoms with Crippen molar-refractivity contribution in [3.8, 4) is 34.5 Å². The van der Waals surface area contributed by atoms with Crippen LogP contribution in [-0.2, 0) is 0 Å². The van der Waals surface area contributed by atoms with Crippen LogP contribution < -0.4 is 20.3 Å². The Bertz CT molecular complexity index is 1920. The molecule has 0 saturated heterocycles. The van der Waals surface area contributed by atoms with Crippen LogP contribution in [0.1, 0.15) is 6.92 Å². The summed E-state index contributed by atoms with van der Waals surface area (Å²) in [6.07, 6.45) is 2.19. The van der Waals surface area contributed by atoms with E-state index in [9.17, 15) is 9.59 Å². The summed E-state index contributed by atoms with van der Waals surface area (Å²) < 4.78 is 34.9. The lowest BCUT2D eigenvalue weighted by molar-refractivity contribution is 0.139. The molecule has 0 fully saturated rings. The van der Waals surface area contributed by atoms with Crippen LogP contribution in [0.25, 0.3) is 45.0 Å². The Balaban J connectivity index is 1.36. The van der Waals surface area contributed by atoms with Gasteiger partial charge >= 0.3 is 0 Å². The first kappa shape index (κ1) is 24.9. The molecule has 8 nitrogen and oxygen atoms in total. The van der Waals surface area contributed by atoms with Gasteiger partial charge in [0.05, 0.1) is 23.3 Å². The summed E-state index contributed by atoms with van der Waals surface area (Å²) in [4.78, 5) is 26.8. The minimum absolute atomic E-state index is 0.0839. The molecule has 2 aromatic carbocycles. The molecule has 1 unspecified atom stereocenters. The van der Waals surface area contributed by atoms with E-state index in [1.165, 1.54) is 24.7 Å². The third-order valence-electron chi connectivity index (χ3n) is 5.89. The van der Waals surface area contributed by atoms with Crippen molar-refractivity contribution in [2.24, 2.45) is 0 Å². The van der Waals surface area contributed by atoms with Crippen molar-refractivity contribution in [2.45, 2.75) is 13.0 Å². The number of fused-ring (bicyclic) bond motifs is 2. The van der Waals surface area contributed by atoms with Gasteiger partial charge in [0, 0.05) is 10.0 Å². The van der Waals surface area contributed by atoms with Gasteiger partial charge in [0.25, 0.3) is 0 Å². The Labute approximate surface area is 229 Å². The molecule has 10 heteroatoms. The first-order valence-electron chi connectivity index (χ1n) is 11.8. The van der Waals surface area contributed by atoms with Gasteiger partial charge in [-0.1, -0.05) is 23.2 Å². The lowest BCUT2D eigenvalue weighted by Gasteiger charge is -2.17. The van der Waals surface area contributed by atoms with Crippen LogP contribution in [0.4, 0.5) is 0 Å². The second-order valence-electron chi connectivity index (χ2n) is 8.65. The average Bonchev–Trinajstić information content (AvgIpc) is 3.65. The van der Waals surface area contributed by atoms with E-state index in [1.807, 2.05) is 0 Å². The van der Waals surface area contributed by atoms with E-state index in [0.717, 1.165) is 0 Å². The van der Waals surface area contributed by atoms with E-state index in [1.54, 1.807) is 55.5 Å². The minimum atomic E-state index is -0.725. The first-order chi connectivity index (χ1) is 18.9. The molecule has 0 saturated carbocycles. The maximum atomic E-state index is 13.4. The largest absolute Gasteiger partial charge is 0.482 e. The molecule has 0 spiro atoms. The van der Waals surface area contributed by atoms with Crippen molar-refractivity contribution in [2.75, 3.05) is 6.61 Å². The molecule has 0 bridgehead atoms. The third kappa shape index (κ3) is 4.69. The van der Waals surface area contributed by atoms with Crippen LogP contribution in [0.15, 0.2) is 100 Å². The molecule has 4 aromatic heterocycles. The predicted molar refractivity (Wildman–Crippen MR) is 146 cm³/mol. The summed E-state index contributed by atoms with van der Waals surface area (Å²) in [7, 11) is 0. The average molecular weight is 565 g/mol. The van der Waals surface area contributed by atoms with Gasteiger partial charge in [-0.15, -0.1) is 0 Å². The van der Waals surface area contributed by atoms with Gasteiger partial charge in [-0.3, -0.25) is 9.59 Å². The number of benzene rings is 2. The Morgan fingerprint density at radius 1 is 0.744 bits per heavy atom. The molecule has 0 radical (unpaired) electrons. The van der Waals surface area contributed by atoms with Crippen molar-refractivity contribution in [3.63, 3.8) is 0 Å². The Morgan fingerprint density at radius 2 is 1.26 bits per heavy atom. The van der Waals surface area contributed by atoms with Gasteiger partial charge in [0.15, 0.2) is 11.5 Å². The Kier molecular flexibility index (Phi) is 6.42. The fraction of sp³-hybridized carbons (Fsp3) is 0.103. The zero-order valence-corrected chi connectivity index (χ0v) is 21.7. The lowest BCUT2D eigenvalue weighted by Crippen LogP contribution is -2.26. The molecule has 196 valence electrons. The normalized spacial score (nSPS) is 12.2. The fourth-order valence-corrected chi connectivity index (χ4v) is 4.46. The molecular weight excluding hydrogens is 547 g/mol. The number of furan rings is 2. The highest BCUT2D eigenvalue weighted by molar-refractivity contribution is 6.31. The van der Waals surface area contributed by atoms with Crippen LogP contribution in [0.5, 0.6) is 11.5 Å². The van der Waals surface area contributed by atoms with E-state index in [4.69, 9.17) is 50.3 Å². The molecule has 4 heterocycles. The molecule has 39 heavy (non-hydrogen) atoms. The number of hydrogen-bond acceptors (Lipinski definition) is 8. The SMILES string of the molecule is CC(COc1c(-c2ccco2)oc2ccc(Cl)cc2c1=O)Oc1c(-c2ccco2)oc2ccc(Cl)cc2c1=O. The summed E-state index contributed by atoms with van der Waals surface area (Å²) in [5.41, 5.74) is -0.229. The second-order valence-corrected chi connectivity index (χ2v) is 9.53. The summed E-state index contributed by atoms with van der Waals surface area (Å²) in [5.74, 6) is 0.669. The molecule has 1 atom stereocenters. The molecule has 0 amide bonds. The summed E-state index contributed by atoms with van der Waals surface area (Å²) in [6.45, 7) is 1.55. The smallest absolute Gasteiger partial charge is 0.235 e. The molecule has 0 N–H and O–H groups in total. The first-order valence-corrected chi connectivity index (χ1v) is 12.5. The zero-order valence-electron chi connectivity index (χ0n) is 20.2. The van der Waals surface area contributed by atoms with Crippen molar-refractivity contribution >= 4 is 45.1 Å². The van der Waals surface area contributed by atoms with E-state index in [-0.39, 0.29) is 40.4 Å². The maximum Gasteiger partial charge on any atom is 0.235 e. The lowest BCUT2D eigenvalue weighted by atomic mass is 10.2. The predicted octanol–water partition coefficient (Wildman–Crippen LogP) is 7.57. The summed E-state index contributed by atoms with van der Waals surface area (Å²) in [6, 6.07) is 16.1. The fourth-order valence-electron chi connectivity index (χ4n) is 4.11. The van der Waals surface area contributed by atoms with Gasteiger partial charge in [0.1, 0.15) is 23.9 Å². The minimum Gasteiger partial charge on any atom is -0.482 e. The van der Waals surface area contributed by atoms with Gasteiger partial charge in [-0.25, -0.2) is 0 Å². The number of rotatable bonds is 7. The summed E-state index contributed by atoms with van der Waals surface area (Å²) >= 11 is 12.2. The van der Waals surface area contributed by atoms with Gasteiger partial charge in [0.2, 0.25) is 33.9 Å². The number of ether oxygens (including phenoxy) is 2. The molecule has 6 aromatic rings. The van der Waals surface area contributed by atoms with Crippen LogP contribution in [-0.4, -0.2) is 12.7 Å². The topological polar surface area (TPSA) is 105 Å². The molecule has 6 rings (SSSR count). The van der Waals surface area contributed by atoms with Crippen LogP contribution >= 0.6 is 23.2 Å².